The van der Waals surface area contributed by atoms with Crippen LogP contribution in [-0.2, 0) is 19.6 Å². The van der Waals surface area contributed by atoms with Gasteiger partial charge in [-0.1, -0.05) is 0 Å². The van der Waals surface area contributed by atoms with Gasteiger partial charge in [0.2, 0.25) is 0 Å². The number of halogens is 6. The van der Waals surface area contributed by atoms with Crippen molar-refractivity contribution in [3.8, 4) is 0 Å². The first-order chi connectivity index (χ1) is 10.1. The second-order valence-electron chi connectivity index (χ2n) is 4.99. The van der Waals surface area contributed by atoms with E-state index in [-0.39, 0.29) is 25.7 Å². The molecule has 1 saturated carbocycles. The van der Waals surface area contributed by atoms with Gasteiger partial charge in [-0.05, 0) is 25.7 Å². The van der Waals surface area contributed by atoms with Crippen LogP contribution in [-0.4, -0.2) is 53.4 Å². The molecule has 0 aliphatic heterocycles. The lowest BCUT2D eigenvalue weighted by atomic mass is 9.95. The number of carbonyl (C=O) groups excluding carboxylic acids is 1. The zero-order valence-electron chi connectivity index (χ0n) is 11.2. The fraction of sp³-hybridized carbons (Fsp3) is 0.900. The van der Waals surface area contributed by atoms with Crippen molar-refractivity contribution in [2.45, 2.75) is 55.0 Å². The molecule has 0 saturated heterocycles. The topological polar surface area (TPSA) is 101 Å². The molecule has 1 aliphatic rings. The molecule has 0 unspecified atom stereocenters. The highest BCUT2D eigenvalue weighted by Crippen LogP contribution is 2.49. The van der Waals surface area contributed by atoms with Crippen LogP contribution in [0.5, 0.6) is 0 Å². The molecule has 0 amide bonds. The van der Waals surface area contributed by atoms with Crippen LogP contribution in [0.2, 0.25) is 0 Å². The molecule has 0 atom stereocenters. The zero-order chi connectivity index (χ0) is 18.3. The minimum absolute atomic E-state index is 0.0468. The van der Waals surface area contributed by atoms with Crippen molar-refractivity contribution in [2.24, 2.45) is 0 Å². The van der Waals surface area contributed by atoms with E-state index in [2.05, 4.69) is 4.74 Å². The van der Waals surface area contributed by atoms with E-state index < -0.39 is 45.4 Å². The second-order valence-corrected chi connectivity index (χ2v) is 6.55. The lowest BCUT2D eigenvalue weighted by Gasteiger charge is -2.34. The Morgan fingerprint density at radius 1 is 0.957 bits per heavy atom. The number of carbonyl (C=O) groups is 1. The summed E-state index contributed by atoms with van der Waals surface area (Å²) in [6.07, 6.45) is -16.2. The highest BCUT2D eigenvalue weighted by molar-refractivity contribution is 7.88. The molecule has 13 heteroatoms. The van der Waals surface area contributed by atoms with Crippen molar-refractivity contribution in [3.63, 3.8) is 0 Å². The standard InChI is InChI=1S/C10H12F6O6S/c11-9(12,13)8(10(14,15)16,23(19,20)21)7(18)22-6-3-1-5(17)2-4-6/h5-6,17H,1-4H2,(H,19,20,21). The average Bonchev–Trinajstić information content (AvgIpc) is 2.26. The van der Waals surface area contributed by atoms with Crippen LogP contribution < -0.4 is 0 Å². The Balaban J connectivity index is 3.27. The number of aliphatic hydroxyl groups excluding tert-OH is 1. The molecule has 0 spiro atoms. The zero-order valence-corrected chi connectivity index (χ0v) is 12.0. The van der Waals surface area contributed by atoms with Gasteiger partial charge in [0.25, 0.3) is 0 Å². The van der Waals surface area contributed by atoms with E-state index >= 15 is 0 Å². The number of esters is 1. The Bertz CT molecular complexity index is 531. The van der Waals surface area contributed by atoms with Gasteiger partial charge in [-0.15, -0.1) is 0 Å². The normalized spacial score (nSPS) is 24.3. The largest absolute Gasteiger partial charge is 0.461 e. The molecule has 0 heterocycles. The van der Waals surface area contributed by atoms with Crippen molar-refractivity contribution in [2.75, 3.05) is 0 Å². The summed E-state index contributed by atoms with van der Waals surface area (Å²) in [7, 11) is -6.98. The van der Waals surface area contributed by atoms with E-state index in [1.165, 1.54) is 0 Å². The maximum absolute atomic E-state index is 12.8. The maximum Gasteiger partial charge on any atom is 0.430 e. The molecule has 2 N–H and O–H groups in total. The van der Waals surface area contributed by atoms with Gasteiger partial charge in [0.1, 0.15) is 6.10 Å². The SMILES string of the molecule is O=C(OC1CCC(O)CC1)C(C(F)(F)F)(C(F)(F)F)S(=O)(=O)O. The van der Waals surface area contributed by atoms with Crippen LogP contribution in [0.1, 0.15) is 25.7 Å². The summed E-state index contributed by atoms with van der Waals surface area (Å²) in [6.45, 7) is 0. The molecule has 0 aromatic rings. The summed E-state index contributed by atoms with van der Waals surface area (Å²) in [5.41, 5.74) is 0. The molecule has 1 rings (SSSR count). The van der Waals surface area contributed by atoms with E-state index in [1.807, 2.05) is 0 Å². The van der Waals surface area contributed by atoms with Crippen molar-refractivity contribution in [1.82, 2.24) is 0 Å². The van der Waals surface area contributed by atoms with Crippen LogP contribution in [0.4, 0.5) is 26.3 Å². The Kier molecular flexibility index (Phi) is 5.29. The quantitative estimate of drug-likeness (QED) is 0.442. The Labute approximate surface area is 126 Å². The van der Waals surface area contributed by atoms with Gasteiger partial charge in [-0.25, -0.2) is 4.79 Å². The molecule has 0 bridgehead atoms. The molecule has 0 aromatic heterocycles. The predicted octanol–water partition coefficient (Wildman–Crippen LogP) is 1.58. The molecule has 6 nitrogen and oxygen atoms in total. The first kappa shape index (κ1) is 20.0. The van der Waals surface area contributed by atoms with Crippen LogP contribution >= 0.6 is 0 Å². The highest BCUT2D eigenvalue weighted by atomic mass is 32.2. The lowest BCUT2D eigenvalue weighted by molar-refractivity contribution is -0.270. The Morgan fingerprint density at radius 3 is 1.65 bits per heavy atom. The Morgan fingerprint density at radius 2 is 1.35 bits per heavy atom. The van der Waals surface area contributed by atoms with Crippen LogP contribution in [0.15, 0.2) is 0 Å². The van der Waals surface area contributed by atoms with E-state index in [4.69, 9.17) is 4.55 Å². The summed E-state index contributed by atoms with van der Waals surface area (Å²) >= 11 is 0. The van der Waals surface area contributed by atoms with Crippen LogP contribution in [0.25, 0.3) is 0 Å². The number of hydrogen-bond acceptors (Lipinski definition) is 5. The van der Waals surface area contributed by atoms with Gasteiger partial charge in [0.05, 0.1) is 6.10 Å². The summed E-state index contributed by atoms with van der Waals surface area (Å²) in [5.74, 6) is -3.17. The van der Waals surface area contributed by atoms with Crippen molar-refractivity contribution < 1.29 is 54.0 Å². The monoisotopic (exact) mass is 374 g/mol. The smallest absolute Gasteiger partial charge is 0.430 e. The number of aliphatic hydroxyl groups is 1. The third-order valence-corrected chi connectivity index (χ3v) is 4.79. The van der Waals surface area contributed by atoms with Gasteiger partial charge < -0.3 is 9.84 Å². The molecule has 1 aliphatic carbocycles. The van der Waals surface area contributed by atoms with Gasteiger partial charge in [-0.2, -0.15) is 34.8 Å². The molecular weight excluding hydrogens is 362 g/mol. The van der Waals surface area contributed by atoms with Gasteiger partial charge in [-0.3, -0.25) is 4.55 Å². The second kappa shape index (κ2) is 6.09. The summed E-state index contributed by atoms with van der Waals surface area (Å²) in [5, 5.41) is 9.17. The molecular formula is C10H12F6O6S. The third-order valence-electron chi connectivity index (χ3n) is 3.39. The van der Waals surface area contributed by atoms with Crippen LogP contribution in [0.3, 0.4) is 0 Å². The highest BCUT2D eigenvalue weighted by Gasteiger charge is 2.85. The van der Waals surface area contributed by atoms with Gasteiger partial charge in [0.15, 0.2) is 0 Å². The van der Waals surface area contributed by atoms with E-state index in [0.29, 0.717) is 0 Å². The number of alkyl halides is 6. The van der Waals surface area contributed by atoms with E-state index in [9.17, 15) is 44.7 Å². The fourth-order valence-electron chi connectivity index (χ4n) is 2.19. The number of hydrogen-bond donors (Lipinski definition) is 2. The van der Waals surface area contributed by atoms with Crippen LogP contribution in [0, 0.1) is 0 Å². The van der Waals surface area contributed by atoms with Gasteiger partial charge >= 0.3 is 33.2 Å². The molecule has 0 radical (unpaired) electrons. The predicted molar refractivity (Wildman–Crippen MR) is 60.7 cm³/mol. The minimum Gasteiger partial charge on any atom is -0.461 e. The van der Waals surface area contributed by atoms with Crippen molar-refractivity contribution in [1.29, 1.82) is 0 Å². The minimum atomic E-state index is -6.98. The number of ether oxygens (including phenoxy) is 1. The van der Waals surface area contributed by atoms with E-state index in [0.717, 1.165) is 0 Å². The molecule has 1 fully saturated rings. The molecule has 0 aromatic carbocycles. The summed E-state index contributed by atoms with van der Waals surface area (Å²) in [6, 6.07) is 0. The van der Waals surface area contributed by atoms with Gasteiger partial charge in [0, 0.05) is 0 Å². The number of rotatable bonds is 3. The first-order valence-electron chi connectivity index (χ1n) is 6.14. The maximum atomic E-state index is 12.8. The average molecular weight is 374 g/mol. The van der Waals surface area contributed by atoms with E-state index in [1.54, 1.807) is 0 Å². The first-order valence-corrected chi connectivity index (χ1v) is 7.58. The fourth-order valence-corrected chi connectivity index (χ4v) is 3.03. The summed E-state index contributed by atoms with van der Waals surface area (Å²) < 4.78 is 105. The van der Waals surface area contributed by atoms with Crippen molar-refractivity contribution >= 4 is 16.1 Å². The third kappa shape index (κ3) is 3.55. The summed E-state index contributed by atoms with van der Waals surface area (Å²) in [4.78, 5) is 11.5. The van der Waals surface area contributed by atoms with Crippen molar-refractivity contribution in [3.05, 3.63) is 0 Å². The molecule has 23 heavy (non-hydrogen) atoms. The Hall–Kier alpha value is -1.08. The lowest BCUT2D eigenvalue weighted by Crippen LogP contribution is -2.67. The molecule has 136 valence electrons.